The Kier molecular flexibility index (Phi) is 4.29. The molecule has 3 N–H and O–H groups in total. The van der Waals surface area contributed by atoms with Crippen molar-refractivity contribution in [1.82, 2.24) is 14.9 Å². The maximum absolute atomic E-state index is 12.1. The molecular weight excluding hydrogens is 282 g/mol. The summed E-state index contributed by atoms with van der Waals surface area (Å²) in [6.45, 7) is 4.36. The summed E-state index contributed by atoms with van der Waals surface area (Å²) in [7, 11) is 1.57. The minimum Gasteiger partial charge on any atom is -0.364 e. The predicted octanol–water partition coefficient (Wildman–Crippen LogP) is -0.279. The molecule has 1 amide bonds. The quantitative estimate of drug-likeness (QED) is 0.801. The molecule has 110 valence electrons. The highest BCUT2D eigenvalue weighted by Gasteiger charge is 2.25. The first-order valence-corrected chi connectivity index (χ1v) is 6.88. The van der Waals surface area contributed by atoms with Crippen LogP contribution in [0.15, 0.2) is 4.79 Å². The first kappa shape index (κ1) is 14.8. The maximum atomic E-state index is 12.1. The van der Waals surface area contributed by atoms with E-state index < -0.39 is 11.5 Å². The Hall–Kier alpha value is -1.60. The molecule has 0 spiro atoms. The number of hydrogen-bond donors (Lipinski definition) is 2. The maximum Gasteiger partial charge on any atom is 0.283 e. The number of nitrogens with one attached hydrogen (secondary N) is 1. The lowest BCUT2D eigenvalue weighted by Crippen LogP contribution is -2.52. The molecule has 1 aliphatic rings. The molecular formula is C12H18ClN5O2. The molecule has 0 saturated carbocycles. The number of carbonyl (C=O) groups excluding carboxylic acids is 1. The first-order chi connectivity index (χ1) is 9.45. The van der Waals surface area contributed by atoms with Crippen molar-refractivity contribution in [2.24, 2.45) is 12.8 Å². The van der Waals surface area contributed by atoms with Gasteiger partial charge in [0.15, 0.2) is 10.8 Å². The minimum absolute atomic E-state index is 0.123. The smallest absolute Gasteiger partial charge is 0.283 e. The molecule has 2 heterocycles. The van der Waals surface area contributed by atoms with Crippen LogP contribution in [0.2, 0.25) is 5.15 Å². The van der Waals surface area contributed by atoms with E-state index in [4.69, 9.17) is 17.3 Å². The van der Waals surface area contributed by atoms with Crippen molar-refractivity contribution < 1.29 is 4.79 Å². The molecule has 2 rings (SSSR count). The van der Waals surface area contributed by atoms with Gasteiger partial charge in [-0.2, -0.15) is 0 Å². The third kappa shape index (κ3) is 2.64. The number of nitrogens with zero attached hydrogens (tertiary/aromatic N) is 3. The summed E-state index contributed by atoms with van der Waals surface area (Å²) in [6.07, 6.45) is 0.981. The van der Waals surface area contributed by atoms with Gasteiger partial charge >= 0.3 is 0 Å². The van der Waals surface area contributed by atoms with Crippen molar-refractivity contribution in [2.45, 2.75) is 19.4 Å². The van der Waals surface area contributed by atoms with Crippen molar-refractivity contribution in [2.75, 3.05) is 24.5 Å². The number of primary amides is 1. The number of carbonyl (C=O) groups is 1. The zero-order valence-corrected chi connectivity index (χ0v) is 12.3. The summed E-state index contributed by atoms with van der Waals surface area (Å²) in [5.74, 6) is -0.340. The summed E-state index contributed by atoms with van der Waals surface area (Å²) >= 11 is 6.13. The first-order valence-electron chi connectivity index (χ1n) is 6.50. The van der Waals surface area contributed by atoms with E-state index in [2.05, 4.69) is 17.2 Å². The van der Waals surface area contributed by atoms with Crippen molar-refractivity contribution in [3.8, 4) is 0 Å². The van der Waals surface area contributed by atoms with Gasteiger partial charge in [-0.1, -0.05) is 18.5 Å². The van der Waals surface area contributed by atoms with Gasteiger partial charge in [0.05, 0.1) is 0 Å². The lowest BCUT2D eigenvalue weighted by atomic mass is 10.1. The predicted molar refractivity (Wildman–Crippen MR) is 77.3 cm³/mol. The number of halogens is 1. The molecule has 20 heavy (non-hydrogen) atoms. The van der Waals surface area contributed by atoms with Crippen molar-refractivity contribution in [3.05, 3.63) is 21.2 Å². The molecule has 0 bridgehead atoms. The zero-order valence-electron chi connectivity index (χ0n) is 11.5. The zero-order chi connectivity index (χ0) is 14.9. The normalized spacial score (nSPS) is 19.1. The minimum atomic E-state index is -0.870. The summed E-state index contributed by atoms with van der Waals surface area (Å²) in [4.78, 5) is 29.1. The molecule has 1 saturated heterocycles. The van der Waals surface area contributed by atoms with Crippen molar-refractivity contribution in [3.63, 3.8) is 0 Å². The fraction of sp³-hybridized carbons (Fsp3) is 0.583. The molecule has 0 radical (unpaired) electrons. The number of aromatic nitrogens is 2. The van der Waals surface area contributed by atoms with E-state index in [1.807, 2.05) is 4.90 Å². The number of nitrogens with two attached hydrogens (primary N) is 1. The number of amides is 1. The molecule has 1 fully saturated rings. The fourth-order valence-corrected chi connectivity index (χ4v) is 2.71. The second-order valence-corrected chi connectivity index (χ2v) is 5.17. The van der Waals surface area contributed by atoms with E-state index in [0.717, 1.165) is 26.1 Å². The van der Waals surface area contributed by atoms with Crippen LogP contribution in [-0.4, -0.2) is 41.1 Å². The van der Waals surface area contributed by atoms with Gasteiger partial charge in [0.25, 0.3) is 11.5 Å². The van der Waals surface area contributed by atoms with Gasteiger partial charge in [-0.25, -0.2) is 4.98 Å². The van der Waals surface area contributed by atoms with Crippen LogP contribution in [0.25, 0.3) is 0 Å². The number of piperazine rings is 1. The summed E-state index contributed by atoms with van der Waals surface area (Å²) < 4.78 is 1.34. The molecule has 0 unspecified atom stereocenters. The molecule has 1 aromatic rings. The summed E-state index contributed by atoms with van der Waals surface area (Å²) in [5, 5.41) is 3.51. The summed E-state index contributed by atoms with van der Waals surface area (Å²) in [5.41, 5.74) is 4.27. The van der Waals surface area contributed by atoms with Gasteiger partial charge < -0.3 is 16.0 Å². The van der Waals surface area contributed by atoms with Gasteiger partial charge in [0, 0.05) is 32.7 Å². The van der Waals surface area contributed by atoms with E-state index in [-0.39, 0.29) is 10.8 Å². The van der Waals surface area contributed by atoms with Crippen molar-refractivity contribution >= 4 is 23.3 Å². The Balaban J connectivity index is 2.45. The van der Waals surface area contributed by atoms with E-state index in [9.17, 15) is 9.59 Å². The van der Waals surface area contributed by atoms with Gasteiger partial charge in [-0.05, 0) is 6.42 Å². The van der Waals surface area contributed by atoms with Crippen LogP contribution < -0.4 is 21.5 Å². The second kappa shape index (κ2) is 5.80. The third-order valence-electron chi connectivity index (χ3n) is 3.50. The number of hydrogen-bond acceptors (Lipinski definition) is 5. The highest BCUT2D eigenvalue weighted by molar-refractivity contribution is 6.31. The Morgan fingerprint density at radius 2 is 2.30 bits per heavy atom. The Morgan fingerprint density at radius 3 is 2.90 bits per heavy atom. The van der Waals surface area contributed by atoms with Crippen LogP contribution in [0, 0.1) is 0 Å². The highest BCUT2D eigenvalue weighted by Crippen LogP contribution is 2.23. The fourth-order valence-electron chi connectivity index (χ4n) is 2.38. The SMILES string of the molecule is CC[C@H]1CN(c2c(Cl)nc(C(N)=O)c(=O)n2C)CCN1. The van der Waals surface area contributed by atoms with E-state index in [0.29, 0.717) is 11.9 Å². The number of anilines is 1. The summed E-state index contributed by atoms with van der Waals surface area (Å²) in [6, 6.07) is 0.339. The third-order valence-corrected chi connectivity index (χ3v) is 3.75. The van der Waals surface area contributed by atoms with Gasteiger partial charge in [-0.3, -0.25) is 14.2 Å². The van der Waals surface area contributed by atoms with Crippen LogP contribution in [0.1, 0.15) is 23.8 Å². The van der Waals surface area contributed by atoms with Crippen LogP contribution in [0.5, 0.6) is 0 Å². The van der Waals surface area contributed by atoms with E-state index in [1.54, 1.807) is 7.05 Å². The molecule has 0 aromatic carbocycles. The molecule has 1 aliphatic heterocycles. The Morgan fingerprint density at radius 1 is 1.60 bits per heavy atom. The molecule has 7 nitrogen and oxygen atoms in total. The molecule has 8 heteroatoms. The molecule has 0 aliphatic carbocycles. The van der Waals surface area contributed by atoms with Gasteiger partial charge in [0.2, 0.25) is 0 Å². The number of rotatable bonds is 3. The Labute approximate surface area is 121 Å². The standard InChI is InChI=1S/C12H18ClN5O2/c1-3-7-6-18(5-4-15-7)11-9(13)16-8(10(14)19)12(20)17(11)2/h7,15H,3-6H2,1-2H3,(H2,14,19)/t7-/m0/s1. The van der Waals surface area contributed by atoms with Crippen LogP contribution >= 0.6 is 11.6 Å². The van der Waals surface area contributed by atoms with Gasteiger partial charge in [0.1, 0.15) is 5.82 Å². The van der Waals surface area contributed by atoms with E-state index >= 15 is 0 Å². The second-order valence-electron chi connectivity index (χ2n) is 4.81. The average Bonchev–Trinajstić information content (AvgIpc) is 2.43. The average molecular weight is 300 g/mol. The van der Waals surface area contributed by atoms with Crippen LogP contribution in [0.3, 0.4) is 0 Å². The van der Waals surface area contributed by atoms with Crippen LogP contribution in [0.4, 0.5) is 5.82 Å². The van der Waals surface area contributed by atoms with E-state index in [1.165, 1.54) is 4.57 Å². The molecule has 1 aromatic heterocycles. The topological polar surface area (TPSA) is 93.2 Å². The Bertz CT molecular complexity index is 586. The van der Waals surface area contributed by atoms with Crippen LogP contribution in [-0.2, 0) is 7.05 Å². The monoisotopic (exact) mass is 299 g/mol. The lowest BCUT2D eigenvalue weighted by Gasteiger charge is -2.35. The van der Waals surface area contributed by atoms with Gasteiger partial charge in [-0.15, -0.1) is 0 Å². The lowest BCUT2D eigenvalue weighted by molar-refractivity contribution is 0.0993. The molecule has 1 atom stereocenters. The largest absolute Gasteiger partial charge is 0.364 e. The van der Waals surface area contributed by atoms with Crippen molar-refractivity contribution in [1.29, 1.82) is 0 Å². The highest BCUT2D eigenvalue weighted by atomic mass is 35.5.